The van der Waals surface area contributed by atoms with Gasteiger partial charge >= 0.3 is 0 Å². The van der Waals surface area contributed by atoms with Crippen LogP contribution in [0.3, 0.4) is 0 Å². The molecule has 0 radical (unpaired) electrons. The Labute approximate surface area is 89.3 Å². The first-order valence-corrected chi connectivity index (χ1v) is 5.84. The van der Waals surface area contributed by atoms with Crippen molar-refractivity contribution in [3.8, 4) is 5.19 Å². The van der Waals surface area contributed by atoms with Crippen LogP contribution in [0, 0.1) is 5.92 Å². The monoisotopic (exact) mass is 214 g/mol. The van der Waals surface area contributed by atoms with Gasteiger partial charge in [0.05, 0.1) is 12.3 Å². The van der Waals surface area contributed by atoms with Crippen molar-refractivity contribution in [2.45, 2.75) is 33.2 Å². The van der Waals surface area contributed by atoms with Gasteiger partial charge in [-0.3, -0.25) is 0 Å². The van der Waals surface area contributed by atoms with Gasteiger partial charge in [0.25, 0.3) is 5.19 Å². The third-order valence-electron chi connectivity index (χ3n) is 2.10. The zero-order chi connectivity index (χ0) is 10.6. The second kappa shape index (κ2) is 5.32. The molecule has 14 heavy (non-hydrogen) atoms. The summed E-state index contributed by atoms with van der Waals surface area (Å²) in [5, 5.41) is 2.77. The van der Waals surface area contributed by atoms with E-state index in [9.17, 15) is 0 Å². The molecule has 0 aliphatic carbocycles. The fraction of sp³-hybridized carbons (Fsp3) is 0.700. The number of aromatic nitrogens is 1. The summed E-state index contributed by atoms with van der Waals surface area (Å²) in [5.74, 6) is 0.493. The molecule has 1 atom stereocenters. The molecule has 0 aliphatic heterocycles. The van der Waals surface area contributed by atoms with Crippen LogP contribution < -0.4 is 10.5 Å². The summed E-state index contributed by atoms with van der Waals surface area (Å²) in [6.07, 6.45) is 0.835. The summed E-state index contributed by atoms with van der Waals surface area (Å²) in [6.45, 7) is 6.88. The second-order valence-electron chi connectivity index (χ2n) is 3.65. The van der Waals surface area contributed by atoms with Gasteiger partial charge in [0.1, 0.15) is 0 Å². The van der Waals surface area contributed by atoms with E-state index in [0.717, 1.165) is 17.3 Å². The Hall–Kier alpha value is -0.610. The number of nitrogens with zero attached hydrogens (tertiary/aromatic N) is 1. The maximum atomic E-state index is 5.96. The summed E-state index contributed by atoms with van der Waals surface area (Å²) in [5.41, 5.74) is 7.00. The molecule has 0 fully saturated rings. The summed E-state index contributed by atoms with van der Waals surface area (Å²) >= 11 is 1.54. The Kier molecular flexibility index (Phi) is 4.35. The zero-order valence-corrected chi connectivity index (χ0v) is 9.80. The molecule has 80 valence electrons. The number of rotatable bonds is 5. The number of nitrogens with two attached hydrogens (primary N) is 1. The van der Waals surface area contributed by atoms with Gasteiger partial charge in [0.2, 0.25) is 0 Å². The molecule has 0 spiro atoms. The largest absolute Gasteiger partial charge is 0.470 e. The smallest absolute Gasteiger partial charge is 0.273 e. The van der Waals surface area contributed by atoms with E-state index in [0.29, 0.717) is 12.5 Å². The molecule has 1 aromatic heterocycles. The predicted octanol–water partition coefficient (Wildman–Crippen LogP) is 2.07. The van der Waals surface area contributed by atoms with Crippen molar-refractivity contribution in [1.82, 2.24) is 4.98 Å². The van der Waals surface area contributed by atoms with E-state index >= 15 is 0 Å². The van der Waals surface area contributed by atoms with Crippen LogP contribution in [0.15, 0.2) is 5.38 Å². The van der Waals surface area contributed by atoms with E-state index in [1.807, 2.05) is 12.3 Å². The van der Waals surface area contributed by atoms with Gasteiger partial charge in [-0.25, -0.2) is 4.98 Å². The molecular formula is C10H18N2OS. The van der Waals surface area contributed by atoms with Gasteiger partial charge in [-0.15, -0.1) is 0 Å². The maximum absolute atomic E-state index is 5.96. The highest BCUT2D eigenvalue weighted by atomic mass is 32.1. The van der Waals surface area contributed by atoms with Gasteiger partial charge < -0.3 is 10.5 Å². The van der Waals surface area contributed by atoms with E-state index in [2.05, 4.69) is 18.8 Å². The van der Waals surface area contributed by atoms with E-state index in [1.165, 1.54) is 11.3 Å². The first-order chi connectivity index (χ1) is 6.63. The van der Waals surface area contributed by atoms with E-state index in [-0.39, 0.29) is 6.04 Å². The summed E-state index contributed by atoms with van der Waals surface area (Å²) < 4.78 is 5.30. The highest BCUT2D eigenvalue weighted by Crippen LogP contribution is 2.19. The van der Waals surface area contributed by atoms with Crippen molar-refractivity contribution in [3.63, 3.8) is 0 Å². The Morgan fingerprint density at radius 1 is 1.57 bits per heavy atom. The van der Waals surface area contributed by atoms with Crippen molar-refractivity contribution in [2.24, 2.45) is 11.7 Å². The maximum Gasteiger partial charge on any atom is 0.273 e. The Morgan fingerprint density at radius 3 is 2.86 bits per heavy atom. The van der Waals surface area contributed by atoms with Crippen LogP contribution in [0.4, 0.5) is 0 Å². The molecule has 0 amide bonds. The minimum Gasteiger partial charge on any atom is -0.470 e. The van der Waals surface area contributed by atoms with Gasteiger partial charge in [0, 0.05) is 17.8 Å². The van der Waals surface area contributed by atoms with Crippen molar-refractivity contribution in [2.75, 3.05) is 6.61 Å². The molecular weight excluding hydrogens is 196 g/mol. The van der Waals surface area contributed by atoms with Crippen molar-refractivity contribution >= 4 is 11.3 Å². The van der Waals surface area contributed by atoms with Crippen LogP contribution in [0.1, 0.15) is 26.5 Å². The van der Waals surface area contributed by atoms with Crippen molar-refractivity contribution in [1.29, 1.82) is 0 Å². The van der Waals surface area contributed by atoms with Crippen LogP contribution in [0.25, 0.3) is 0 Å². The normalized spacial score (nSPS) is 13.2. The Balaban J connectivity index is 2.50. The number of hydrogen-bond donors (Lipinski definition) is 1. The molecule has 2 N–H and O–H groups in total. The average molecular weight is 214 g/mol. The fourth-order valence-electron chi connectivity index (χ4n) is 1.05. The third kappa shape index (κ3) is 3.27. The number of hydrogen-bond acceptors (Lipinski definition) is 4. The van der Waals surface area contributed by atoms with Gasteiger partial charge in [-0.05, 0) is 12.8 Å². The first-order valence-electron chi connectivity index (χ1n) is 4.96. The molecule has 1 unspecified atom stereocenters. The third-order valence-corrected chi connectivity index (χ3v) is 2.90. The molecule has 1 heterocycles. The minimum absolute atomic E-state index is 0.187. The standard InChI is InChI=1S/C10H18N2OS/c1-4-13-10-12-8(6-14-10)5-9(11)7(2)3/h6-7,9H,4-5,11H2,1-3H3. The number of ether oxygens (including phenoxy) is 1. The molecule has 0 aliphatic rings. The predicted molar refractivity (Wildman–Crippen MR) is 59.8 cm³/mol. The van der Waals surface area contributed by atoms with Crippen LogP contribution >= 0.6 is 11.3 Å². The average Bonchev–Trinajstić information content (AvgIpc) is 2.53. The van der Waals surface area contributed by atoms with Crippen LogP contribution in [-0.4, -0.2) is 17.6 Å². The molecule has 0 saturated carbocycles. The molecule has 0 bridgehead atoms. The van der Waals surface area contributed by atoms with Gasteiger partial charge in [-0.1, -0.05) is 25.2 Å². The Bertz CT molecular complexity index is 273. The molecule has 0 saturated heterocycles. The van der Waals surface area contributed by atoms with E-state index in [4.69, 9.17) is 10.5 Å². The van der Waals surface area contributed by atoms with Crippen LogP contribution in [0.2, 0.25) is 0 Å². The quantitative estimate of drug-likeness (QED) is 0.816. The van der Waals surface area contributed by atoms with Crippen LogP contribution in [-0.2, 0) is 6.42 Å². The van der Waals surface area contributed by atoms with Crippen molar-refractivity contribution in [3.05, 3.63) is 11.1 Å². The second-order valence-corrected chi connectivity index (χ2v) is 4.47. The summed E-state index contributed by atoms with van der Waals surface area (Å²) in [4.78, 5) is 4.34. The molecule has 0 aromatic carbocycles. The lowest BCUT2D eigenvalue weighted by molar-refractivity contribution is 0.337. The van der Waals surface area contributed by atoms with Gasteiger partial charge in [0.15, 0.2) is 0 Å². The Morgan fingerprint density at radius 2 is 2.29 bits per heavy atom. The van der Waals surface area contributed by atoms with Gasteiger partial charge in [-0.2, -0.15) is 0 Å². The highest BCUT2D eigenvalue weighted by Gasteiger charge is 2.11. The van der Waals surface area contributed by atoms with E-state index < -0.39 is 0 Å². The minimum atomic E-state index is 0.187. The lowest BCUT2D eigenvalue weighted by atomic mass is 10.0. The summed E-state index contributed by atoms with van der Waals surface area (Å²) in [6, 6.07) is 0.187. The zero-order valence-electron chi connectivity index (χ0n) is 8.99. The van der Waals surface area contributed by atoms with Crippen LogP contribution in [0.5, 0.6) is 5.19 Å². The van der Waals surface area contributed by atoms with E-state index in [1.54, 1.807) is 0 Å². The molecule has 1 rings (SSSR count). The fourth-order valence-corrected chi connectivity index (χ4v) is 1.79. The number of thiazole rings is 1. The molecule has 3 nitrogen and oxygen atoms in total. The highest BCUT2D eigenvalue weighted by molar-refractivity contribution is 7.11. The lowest BCUT2D eigenvalue weighted by Gasteiger charge is -2.13. The van der Waals surface area contributed by atoms with Crippen molar-refractivity contribution < 1.29 is 4.74 Å². The first kappa shape index (κ1) is 11.5. The topological polar surface area (TPSA) is 48.1 Å². The molecule has 1 aromatic rings. The molecule has 4 heteroatoms. The lowest BCUT2D eigenvalue weighted by Crippen LogP contribution is -2.28. The summed E-state index contributed by atoms with van der Waals surface area (Å²) in [7, 11) is 0. The SMILES string of the molecule is CCOc1nc(CC(N)C(C)C)cs1.